The minimum atomic E-state index is -0.675. The highest BCUT2D eigenvalue weighted by atomic mass is 16.5. The van der Waals surface area contributed by atoms with Gasteiger partial charge in [0.1, 0.15) is 13.2 Å². The minimum absolute atomic E-state index is 0.0920. The Morgan fingerprint density at radius 1 is 1.15 bits per heavy atom. The van der Waals surface area contributed by atoms with Gasteiger partial charge in [0.15, 0.2) is 0 Å². The van der Waals surface area contributed by atoms with Gasteiger partial charge in [-0.2, -0.15) is 0 Å². The Balaban J connectivity index is 1.25. The standard InChI is InChI=1S/C25H30N2O6/c1-3-16-11-25(24(31)27(16)17-10-22(29)32-13-17)6-8-26(9-7-25)12-21(28)18-4-5-19-20(15(18)2)14-33-23(19)30/h4-5,10,16,21,28H,3,6-9,11-14H2,1-2H3/t16?,21-/m1/s1. The van der Waals surface area contributed by atoms with Crippen molar-refractivity contribution in [3.63, 3.8) is 0 Å². The molecule has 176 valence electrons. The number of amides is 1. The molecule has 2 saturated heterocycles. The second-order valence-electron chi connectivity index (χ2n) is 9.66. The Hall–Kier alpha value is -2.71. The van der Waals surface area contributed by atoms with Crippen molar-refractivity contribution in [2.45, 2.75) is 58.3 Å². The van der Waals surface area contributed by atoms with E-state index in [-0.39, 0.29) is 37.1 Å². The zero-order chi connectivity index (χ0) is 23.3. The molecule has 33 heavy (non-hydrogen) atoms. The van der Waals surface area contributed by atoms with Gasteiger partial charge in [0.2, 0.25) is 5.91 Å². The van der Waals surface area contributed by atoms with Crippen molar-refractivity contribution in [3.05, 3.63) is 46.2 Å². The fourth-order valence-corrected chi connectivity index (χ4v) is 5.90. The number of benzene rings is 1. The Morgan fingerprint density at radius 3 is 2.58 bits per heavy atom. The molecule has 4 heterocycles. The molecule has 0 saturated carbocycles. The SMILES string of the molecule is CCC1CC2(CCN(C[C@@H](O)c3ccc4c(c3C)COC4=O)CC2)C(=O)N1C1=CC(=O)OC1. The molecule has 1 unspecified atom stereocenters. The molecule has 4 aliphatic rings. The Bertz CT molecular complexity index is 1040. The molecule has 1 N–H and O–H groups in total. The van der Waals surface area contributed by atoms with E-state index in [2.05, 4.69) is 11.8 Å². The smallest absolute Gasteiger partial charge is 0.338 e. The van der Waals surface area contributed by atoms with E-state index in [1.54, 1.807) is 6.07 Å². The van der Waals surface area contributed by atoms with Crippen molar-refractivity contribution in [2.75, 3.05) is 26.2 Å². The van der Waals surface area contributed by atoms with Gasteiger partial charge in [-0.1, -0.05) is 13.0 Å². The van der Waals surface area contributed by atoms with Crippen LogP contribution in [0.2, 0.25) is 0 Å². The van der Waals surface area contributed by atoms with E-state index >= 15 is 0 Å². The summed E-state index contributed by atoms with van der Waals surface area (Å²) in [6, 6.07) is 3.65. The molecular formula is C25H30N2O6. The van der Waals surface area contributed by atoms with Crippen LogP contribution in [0, 0.1) is 12.3 Å². The third kappa shape index (κ3) is 3.65. The molecule has 8 heteroatoms. The number of hydrogen-bond acceptors (Lipinski definition) is 7. The second-order valence-corrected chi connectivity index (χ2v) is 9.66. The van der Waals surface area contributed by atoms with Gasteiger partial charge < -0.3 is 24.4 Å². The highest BCUT2D eigenvalue weighted by molar-refractivity contribution is 5.94. The molecule has 1 aromatic rings. The van der Waals surface area contributed by atoms with Crippen LogP contribution in [0.5, 0.6) is 0 Å². The Labute approximate surface area is 193 Å². The van der Waals surface area contributed by atoms with Crippen molar-refractivity contribution < 1.29 is 29.0 Å². The highest BCUT2D eigenvalue weighted by Gasteiger charge is 2.53. The first-order valence-corrected chi connectivity index (χ1v) is 11.7. The van der Waals surface area contributed by atoms with Crippen molar-refractivity contribution in [2.24, 2.45) is 5.41 Å². The number of likely N-dealkylation sites (tertiary alicyclic amines) is 2. The average molecular weight is 455 g/mol. The van der Waals surface area contributed by atoms with E-state index in [0.717, 1.165) is 55.5 Å². The van der Waals surface area contributed by atoms with Crippen LogP contribution in [0.4, 0.5) is 0 Å². The Kier molecular flexibility index (Phi) is 5.53. The van der Waals surface area contributed by atoms with Gasteiger partial charge in [-0.05, 0) is 62.9 Å². The maximum Gasteiger partial charge on any atom is 0.338 e. The number of β-amino-alcohol motifs (C(OH)–C–C–N with tert-alkyl or cyclic N) is 1. The number of ether oxygens (including phenoxy) is 2. The lowest BCUT2D eigenvalue weighted by Crippen LogP contribution is -2.45. The zero-order valence-corrected chi connectivity index (χ0v) is 19.1. The molecule has 5 rings (SSSR count). The van der Waals surface area contributed by atoms with E-state index in [0.29, 0.717) is 17.8 Å². The van der Waals surface area contributed by atoms with E-state index in [1.807, 2.05) is 17.9 Å². The summed E-state index contributed by atoms with van der Waals surface area (Å²) in [5.41, 5.74) is 3.45. The monoisotopic (exact) mass is 454 g/mol. The van der Waals surface area contributed by atoms with Crippen LogP contribution < -0.4 is 0 Å². The van der Waals surface area contributed by atoms with Crippen molar-refractivity contribution in [1.29, 1.82) is 0 Å². The minimum Gasteiger partial charge on any atom is -0.457 e. The first kappa shape index (κ1) is 22.1. The maximum absolute atomic E-state index is 13.5. The van der Waals surface area contributed by atoms with Gasteiger partial charge in [-0.3, -0.25) is 4.79 Å². The van der Waals surface area contributed by atoms with Crippen molar-refractivity contribution >= 4 is 17.8 Å². The van der Waals surface area contributed by atoms with Crippen LogP contribution >= 0.6 is 0 Å². The number of carbonyl (C=O) groups excluding carboxylic acids is 3. The van der Waals surface area contributed by atoms with Crippen LogP contribution in [0.25, 0.3) is 0 Å². The molecule has 8 nitrogen and oxygen atoms in total. The fourth-order valence-electron chi connectivity index (χ4n) is 5.90. The number of hydrogen-bond donors (Lipinski definition) is 1. The lowest BCUT2D eigenvalue weighted by Gasteiger charge is -2.38. The number of nitrogens with zero attached hydrogens (tertiary/aromatic N) is 2. The molecular weight excluding hydrogens is 424 g/mol. The number of aliphatic hydroxyl groups excluding tert-OH is 1. The number of fused-ring (bicyclic) bond motifs is 1. The predicted molar refractivity (Wildman–Crippen MR) is 118 cm³/mol. The summed E-state index contributed by atoms with van der Waals surface area (Å²) in [5.74, 6) is -0.575. The van der Waals surface area contributed by atoms with Crippen molar-refractivity contribution in [3.8, 4) is 0 Å². The first-order valence-electron chi connectivity index (χ1n) is 11.7. The van der Waals surface area contributed by atoms with Gasteiger partial charge in [-0.25, -0.2) is 9.59 Å². The van der Waals surface area contributed by atoms with Crippen LogP contribution in [0.15, 0.2) is 23.9 Å². The van der Waals surface area contributed by atoms with Crippen LogP contribution in [-0.4, -0.2) is 65.0 Å². The largest absolute Gasteiger partial charge is 0.457 e. The van der Waals surface area contributed by atoms with Crippen molar-refractivity contribution in [1.82, 2.24) is 9.80 Å². The summed E-state index contributed by atoms with van der Waals surface area (Å²) in [4.78, 5) is 40.8. The fraction of sp³-hybridized carbons (Fsp3) is 0.560. The van der Waals surface area contributed by atoms with Crippen LogP contribution in [-0.2, 0) is 25.7 Å². The number of aliphatic hydroxyl groups is 1. The van der Waals surface area contributed by atoms with E-state index in [1.165, 1.54) is 6.08 Å². The third-order valence-electron chi connectivity index (χ3n) is 7.90. The van der Waals surface area contributed by atoms with E-state index < -0.39 is 11.5 Å². The van der Waals surface area contributed by atoms with E-state index in [4.69, 9.17) is 9.47 Å². The number of rotatable bonds is 5. The normalized spacial score (nSPS) is 25.3. The third-order valence-corrected chi connectivity index (χ3v) is 7.90. The lowest BCUT2D eigenvalue weighted by atomic mass is 9.75. The number of cyclic esters (lactones) is 2. The van der Waals surface area contributed by atoms with Gasteiger partial charge >= 0.3 is 11.9 Å². The molecule has 0 aliphatic carbocycles. The molecule has 4 aliphatic heterocycles. The second kappa shape index (κ2) is 8.25. The number of esters is 2. The molecule has 0 bridgehead atoms. The number of carbonyl (C=O) groups is 3. The Morgan fingerprint density at radius 2 is 1.91 bits per heavy atom. The summed E-state index contributed by atoms with van der Waals surface area (Å²) in [7, 11) is 0. The quantitative estimate of drug-likeness (QED) is 0.682. The summed E-state index contributed by atoms with van der Waals surface area (Å²) >= 11 is 0. The lowest BCUT2D eigenvalue weighted by molar-refractivity contribution is -0.139. The van der Waals surface area contributed by atoms with E-state index in [9.17, 15) is 19.5 Å². The topological polar surface area (TPSA) is 96.4 Å². The maximum atomic E-state index is 13.5. The van der Waals surface area contributed by atoms with Gasteiger partial charge in [0.05, 0.1) is 22.8 Å². The molecule has 1 aromatic carbocycles. The summed E-state index contributed by atoms with van der Waals surface area (Å²) < 4.78 is 10.2. The first-order chi connectivity index (χ1) is 15.8. The molecule has 2 atom stereocenters. The molecule has 1 spiro atoms. The van der Waals surface area contributed by atoms with Gasteiger partial charge in [0, 0.05) is 24.2 Å². The summed E-state index contributed by atoms with van der Waals surface area (Å²) in [6.07, 6.45) is 3.88. The zero-order valence-electron chi connectivity index (χ0n) is 19.1. The number of piperidine rings is 1. The summed E-state index contributed by atoms with van der Waals surface area (Å²) in [6.45, 7) is 6.37. The van der Waals surface area contributed by atoms with Gasteiger partial charge in [0.25, 0.3) is 0 Å². The van der Waals surface area contributed by atoms with Crippen LogP contribution in [0.3, 0.4) is 0 Å². The molecule has 0 aromatic heterocycles. The average Bonchev–Trinajstić information content (AvgIpc) is 3.47. The molecule has 1 amide bonds. The molecule has 0 radical (unpaired) electrons. The highest BCUT2D eigenvalue weighted by Crippen LogP contribution is 2.47. The van der Waals surface area contributed by atoms with Gasteiger partial charge in [-0.15, -0.1) is 0 Å². The van der Waals surface area contributed by atoms with Crippen LogP contribution in [0.1, 0.15) is 65.8 Å². The molecule has 2 fully saturated rings. The predicted octanol–water partition coefficient (Wildman–Crippen LogP) is 2.23. The summed E-state index contributed by atoms with van der Waals surface area (Å²) in [5, 5.41) is 11.0.